The standard InChI is InChI=1S/C30H37N5O2/c1-20-31-26-10-6-7-11-27(26)35(20)24-18-23-12-15-30(19-24,33-23)16-13-25(22-8-4-3-5-9-22)32-29(37)28-14-17-34(28)21(2)36/h3-11,23-25,28,33H,12-19H2,1-2H3,(H,32,37)/t23?,24?,25-,28?,30?/m0/s1. The van der Waals surface area contributed by atoms with Crippen LogP contribution in [0.2, 0.25) is 0 Å². The highest BCUT2D eigenvalue weighted by Crippen LogP contribution is 2.45. The molecule has 4 unspecified atom stereocenters. The second-order valence-electron chi connectivity index (χ2n) is 11.3. The summed E-state index contributed by atoms with van der Waals surface area (Å²) in [5.74, 6) is 1.03. The third kappa shape index (κ3) is 4.54. The summed E-state index contributed by atoms with van der Waals surface area (Å²) in [6.07, 6.45) is 7.15. The average Bonchev–Trinajstić information content (AvgIpc) is 3.36. The van der Waals surface area contributed by atoms with Crippen LogP contribution in [0.3, 0.4) is 0 Å². The molecule has 0 saturated carbocycles. The number of piperidine rings is 1. The normalized spacial score (nSPS) is 27.6. The topological polar surface area (TPSA) is 79.3 Å². The molecule has 3 aliphatic rings. The van der Waals surface area contributed by atoms with E-state index in [1.165, 1.54) is 11.9 Å². The van der Waals surface area contributed by atoms with E-state index in [-0.39, 0.29) is 29.4 Å². The lowest BCUT2D eigenvalue weighted by molar-refractivity contribution is -0.146. The number of aryl methyl sites for hydroxylation is 1. The minimum absolute atomic E-state index is 0.0293. The third-order valence-corrected chi connectivity index (χ3v) is 8.96. The number of benzene rings is 2. The fourth-order valence-corrected chi connectivity index (χ4v) is 7.08. The van der Waals surface area contributed by atoms with E-state index in [1.807, 2.05) is 18.2 Å². The van der Waals surface area contributed by atoms with Gasteiger partial charge in [-0.3, -0.25) is 9.59 Å². The van der Waals surface area contributed by atoms with E-state index in [0.29, 0.717) is 18.6 Å². The first kappa shape index (κ1) is 24.2. The number of hydrogen-bond acceptors (Lipinski definition) is 4. The quantitative estimate of drug-likeness (QED) is 0.504. The van der Waals surface area contributed by atoms with E-state index in [4.69, 9.17) is 4.98 Å². The van der Waals surface area contributed by atoms with Crippen LogP contribution < -0.4 is 10.6 Å². The number of nitrogens with one attached hydrogen (secondary N) is 2. The molecular weight excluding hydrogens is 462 g/mol. The SMILES string of the molecule is CC(=O)N1CCC1C(=O)N[C@@H](CCC12CCC(CC(n3c(C)nc4ccccc43)C1)N2)c1ccccc1. The monoisotopic (exact) mass is 499 g/mol. The van der Waals surface area contributed by atoms with Gasteiger partial charge in [0.05, 0.1) is 17.1 Å². The summed E-state index contributed by atoms with van der Waals surface area (Å²) >= 11 is 0. The van der Waals surface area contributed by atoms with Gasteiger partial charge >= 0.3 is 0 Å². The van der Waals surface area contributed by atoms with Gasteiger partial charge in [-0.15, -0.1) is 0 Å². The molecule has 0 spiro atoms. The van der Waals surface area contributed by atoms with Crippen molar-refractivity contribution in [2.45, 2.75) is 88.5 Å². The number of carbonyl (C=O) groups excluding carboxylic acids is 2. The number of imidazole rings is 1. The highest BCUT2D eigenvalue weighted by Gasteiger charge is 2.46. The van der Waals surface area contributed by atoms with Crippen molar-refractivity contribution in [2.24, 2.45) is 0 Å². The molecule has 2 aromatic carbocycles. The highest BCUT2D eigenvalue weighted by atomic mass is 16.2. The first-order valence-electron chi connectivity index (χ1n) is 13.8. The molecule has 4 heterocycles. The van der Waals surface area contributed by atoms with Crippen molar-refractivity contribution in [3.63, 3.8) is 0 Å². The van der Waals surface area contributed by atoms with Gasteiger partial charge in [0.2, 0.25) is 11.8 Å². The minimum atomic E-state index is -0.340. The van der Waals surface area contributed by atoms with Crippen molar-refractivity contribution in [3.05, 3.63) is 66.0 Å². The van der Waals surface area contributed by atoms with Crippen LogP contribution in [0, 0.1) is 6.92 Å². The number of aromatic nitrogens is 2. The predicted molar refractivity (Wildman–Crippen MR) is 144 cm³/mol. The zero-order chi connectivity index (χ0) is 25.6. The number of rotatable bonds is 7. The molecule has 3 aromatic rings. The predicted octanol–water partition coefficient (Wildman–Crippen LogP) is 4.43. The molecule has 194 valence electrons. The minimum Gasteiger partial charge on any atom is -0.348 e. The molecule has 2 N–H and O–H groups in total. The molecule has 1 aromatic heterocycles. The molecule has 7 heteroatoms. The Morgan fingerprint density at radius 1 is 1.14 bits per heavy atom. The van der Waals surface area contributed by atoms with E-state index in [2.05, 4.69) is 58.5 Å². The van der Waals surface area contributed by atoms with Gasteiger partial charge < -0.3 is 20.1 Å². The van der Waals surface area contributed by atoms with E-state index >= 15 is 0 Å². The van der Waals surface area contributed by atoms with Crippen LogP contribution in [0.1, 0.15) is 75.3 Å². The third-order valence-electron chi connectivity index (χ3n) is 8.96. The van der Waals surface area contributed by atoms with Gasteiger partial charge in [-0.2, -0.15) is 0 Å². The lowest BCUT2D eigenvalue weighted by Crippen LogP contribution is -2.58. The lowest BCUT2D eigenvalue weighted by Gasteiger charge is -2.42. The molecular formula is C30H37N5O2. The Hall–Kier alpha value is -3.19. The Morgan fingerprint density at radius 3 is 2.68 bits per heavy atom. The van der Waals surface area contributed by atoms with Crippen LogP contribution in [0.15, 0.2) is 54.6 Å². The van der Waals surface area contributed by atoms with Gasteiger partial charge in [0.15, 0.2) is 0 Å². The van der Waals surface area contributed by atoms with Crippen molar-refractivity contribution in [1.82, 2.24) is 25.1 Å². The molecule has 37 heavy (non-hydrogen) atoms. The number of amides is 2. The van der Waals surface area contributed by atoms with Crippen molar-refractivity contribution >= 4 is 22.8 Å². The largest absolute Gasteiger partial charge is 0.348 e. The summed E-state index contributed by atoms with van der Waals surface area (Å²) in [6, 6.07) is 19.3. The average molecular weight is 500 g/mol. The summed E-state index contributed by atoms with van der Waals surface area (Å²) in [5, 5.41) is 7.30. The van der Waals surface area contributed by atoms with E-state index in [1.54, 1.807) is 11.8 Å². The molecule has 0 radical (unpaired) electrons. The van der Waals surface area contributed by atoms with E-state index < -0.39 is 0 Å². The second kappa shape index (κ2) is 9.60. The Labute approximate surface area is 218 Å². The van der Waals surface area contributed by atoms with Gasteiger partial charge in [-0.05, 0) is 69.6 Å². The van der Waals surface area contributed by atoms with Crippen molar-refractivity contribution in [3.8, 4) is 0 Å². The first-order chi connectivity index (χ1) is 17.9. The van der Waals surface area contributed by atoms with Crippen LogP contribution in [-0.2, 0) is 9.59 Å². The zero-order valence-electron chi connectivity index (χ0n) is 21.8. The van der Waals surface area contributed by atoms with Gasteiger partial charge in [-0.25, -0.2) is 4.98 Å². The van der Waals surface area contributed by atoms with Crippen LogP contribution in [0.25, 0.3) is 11.0 Å². The summed E-state index contributed by atoms with van der Waals surface area (Å²) in [7, 11) is 0. The summed E-state index contributed by atoms with van der Waals surface area (Å²) in [5.41, 5.74) is 3.48. The Balaban J connectivity index is 1.20. The maximum absolute atomic E-state index is 13.2. The van der Waals surface area contributed by atoms with Crippen LogP contribution in [0.4, 0.5) is 0 Å². The van der Waals surface area contributed by atoms with Crippen LogP contribution in [-0.4, -0.2) is 50.4 Å². The maximum atomic E-state index is 13.2. The fraction of sp³-hybridized carbons (Fsp3) is 0.500. The van der Waals surface area contributed by atoms with Crippen molar-refractivity contribution in [1.29, 1.82) is 0 Å². The van der Waals surface area contributed by atoms with Gasteiger partial charge in [0, 0.05) is 31.1 Å². The molecule has 2 bridgehead atoms. The second-order valence-corrected chi connectivity index (χ2v) is 11.3. The highest BCUT2D eigenvalue weighted by molar-refractivity contribution is 5.88. The van der Waals surface area contributed by atoms with E-state index in [9.17, 15) is 9.59 Å². The molecule has 3 aliphatic heterocycles. The number of nitrogens with zero attached hydrogens (tertiary/aromatic N) is 3. The number of hydrogen-bond donors (Lipinski definition) is 2. The van der Waals surface area contributed by atoms with Crippen LogP contribution in [0.5, 0.6) is 0 Å². The number of likely N-dealkylation sites (tertiary alicyclic amines) is 1. The molecule has 0 aliphatic carbocycles. The van der Waals surface area contributed by atoms with Gasteiger partial charge in [0.1, 0.15) is 11.9 Å². The van der Waals surface area contributed by atoms with Gasteiger partial charge in [0.25, 0.3) is 0 Å². The molecule has 7 nitrogen and oxygen atoms in total. The molecule has 6 rings (SSSR count). The summed E-state index contributed by atoms with van der Waals surface area (Å²) in [6.45, 7) is 4.34. The van der Waals surface area contributed by atoms with Crippen LogP contribution >= 0.6 is 0 Å². The van der Waals surface area contributed by atoms with Crippen molar-refractivity contribution < 1.29 is 9.59 Å². The maximum Gasteiger partial charge on any atom is 0.243 e. The van der Waals surface area contributed by atoms with Gasteiger partial charge in [-0.1, -0.05) is 42.5 Å². The number of fused-ring (bicyclic) bond motifs is 3. The summed E-state index contributed by atoms with van der Waals surface area (Å²) in [4.78, 5) is 31.6. The lowest BCUT2D eigenvalue weighted by atomic mass is 9.81. The summed E-state index contributed by atoms with van der Waals surface area (Å²) < 4.78 is 2.46. The number of para-hydroxylation sites is 2. The molecule has 3 saturated heterocycles. The Kier molecular flexibility index (Phi) is 6.27. The zero-order valence-corrected chi connectivity index (χ0v) is 21.8. The Bertz CT molecular complexity index is 1300. The smallest absolute Gasteiger partial charge is 0.243 e. The molecule has 3 fully saturated rings. The number of carbonyl (C=O) groups is 2. The van der Waals surface area contributed by atoms with Crippen molar-refractivity contribution in [2.75, 3.05) is 6.54 Å². The Morgan fingerprint density at radius 2 is 1.92 bits per heavy atom. The molecule has 2 amide bonds. The first-order valence-corrected chi connectivity index (χ1v) is 13.8. The molecule has 5 atom stereocenters. The fourth-order valence-electron chi connectivity index (χ4n) is 7.08. The van der Waals surface area contributed by atoms with E-state index in [0.717, 1.165) is 55.4 Å².